The van der Waals surface area contributed by atoms with Crippen molar-refractivity contribution in [3.63, 3.8) is 0 Å². The van der Waals surface area contributed by atoms with Gasteiger partial charge in [0.1, 0.15) is 5.60 Å². The van der Waals surface area contributed by atoms with Gasteiger partial charge in [0.2, 0.25) is 0 Å². The van der Waals surface area contributed by atoms with Crippen molar-refractivity contribution >= 4 is 47.4 Å². The Morgan fingerprint density at radius 3 is 2.50 bits per heavy atom. The van der Waals surface area contributed by atoms with Gasteiger partial charge in [0.25, 0.3) is 0 Å². The van der Waals surface area contributed by atoms with Crippen molar-refractivity contribution in [2.75, 3.05) is 26.7 Å². The second kappa shape index (κ2) is 11.0. The summed E-state index contributed by atoms with van der Waals surface area (Å²) < 4.78 is 5.70. The average Bonchev–Trinajstić information content (AvgIpc) is 3.39. The molecule has 2 heterocycles. The summed E-state index contributed by atoms with van der Waals surface area (Å²) in [4.78, 5) is 27.1. The molecule has 2 aliphatic rings. The van der Waals surface area contributed by atoms with E-state index < -0.39 is 5.60 Å². The molecule has 0 unspecified atom stereocenters. The fraction of sp³-hybridized carbons (Fsp3) is 0.762. The van der Waals surface area contributed by atoms with Gasteiger partial charge in [-0.3, -0.25) is 4.99 Å². The van der Waals surface area contributed by atoms with Gasteiger partial charge in [-0.1, -0.05) is 0 Å². The number of carbonyl (C=O) groups is 1. The Morgan fingerprint density at radius 2 is 2.00 bits per heavy atom. The van der Waals surface area contributed by atoms with Crippen molar-refractivity contribution in [3.05, 3.63) is 16.1 Å². The van der Waals surface area contributed by atoms with E-state index in [9.17, 15) is 4.79 Å². The molecular formula is C21H36IN5O2S. The zero-order valence-corrected chi connectivity index (χ0v) is 22.0. The fourth-order valence-corrected chi connectivity index (χ4v) is 4.38. The average molecular weight is 550 g/mol. The summed E-state index contributed by atoms with van der Waals surface area (Å²) in [5, 5.41) is 4.53. The maximum Gasteiger partial charge on any atom is 0.410 e. The number of aryl methyl sites for hydroxylation is 1. The first-order valence-corrected chi connectivity index (χ1v) is 11.4. The molecule has 1 saturated heterocycles. The highest BCUT2D eigenvalue weighted by molar-refractivity contribution is 14.0. The van der Waals surface area contributed by atoms with Gasteiger partial charge in [0.15, 0.2) is 5.96 Å². The Labute approximate surface area is 201 Å². The number of piperidine rings is 1. The highest BCUT2D eigenvalue weighted by Crippen LogP contribution is 2.32. The van der Waals surface area contributed by atoms with E-state index in [2.05, 4.69) is 20.2 Å². The summed E-state index contributed by atoms with van der Waals surface area (Å²) in [7, 11) is 1.83. The number of thiazole rings is 1. The molecule has 0 aromatic carbocycles. The minimum Gasteiger partial charge on any atom is -0.444 e. The Bertz CT molecular complexity index is 721. The van der Waals surface area contributed by atoms with Crippen LogP contribution in [-0.4, -0.2) is 65.2 Å². The number of aromatic nitrogens is 1. The number of hydrogen-bond donors (Lipinski definition) is 1. The Kier molecular flexibility index (Phi) is 9.20. The third-order valence-electron chi connectivity index (χ3n) is 5.29. The van der Waals surface area contributed by atoms with E-state index in [1.807, 2.05) is 45.8 Å². The quantitative estimate of drug-likeness (QED) is 0.338. The zero-order chi connectivity index (χ0) is 21.0. The molecular weight excluding hydrogens is 513 g/mol. The van der Waals surface area contributed by atoms with Gasteiger partial charge < -0.3 is 19.9 Å². The topological polar surface area (TPSA) is 70.1 Å². The lowest BCUT2D eigenvalue weighted by Crippen LogP contribution is -2.52. The van der Waals surface area contributed by atoms with Crippen molar-refractivity contribution in [1.29, 1.82) is 0 Å². The fourth-order valence-electron chi connectivity index (χ4n) is 3.65. The number of hydrogen-bond acceptors (Lipinski definition) is 5. The van der Waals surface area contributed by atoms with Crippen molar-refractivity contribution in [2.24, 2.45) is 10.9 Å². The molecule has 1 amide bonds. The summed E-state index contributed by atoms with van der Waals surface area (Å²) >= 11 is 1.71. The van der Waals surface area contributed by atoms with Gasteiger partial charge in [-0.15, -0.1) is 35.3 Å². The summed E-state index contributed by atoms with van der Waals surface area (Å²) in [6, 6.07) is 0.240. The summed E-state index contributed by atoms with van der Waals surface area (Å²) in [6.07, 6.45) is 6.09. The standard InChI is InChI=1S/C21H35N5O2S.HI/c1-15-23-12-18(29-15)13-24-19(22-5)25-10-8-17(9-11-25)26(14-16-6-7-16)20(27)28-21(2,3)4;/h12,16-17H,6-11,13-14H2,1-5H3,(H,22,24);1H. The van der Waals surface area contributed by atoms with Crippen LogP contribution in [0.4, 0.5) is 4.79 Å². The molecule has 170 valence electrons. The van der Waals surface area contributed by atoms with E-state index >= 15 is 0 Å². The molecule has 30 heavy (non-hydrogen) atoms. The third kappa shape index (κ3) is 7.55. The number of halogens is 1. The number of nitrogens with one attached hydrogen (secondary N) is 1. The number of amides is 1. The molecule has 9 heteroatoms. The number of aliphatic imine (C=N–C) groups is 1. The van der Waals surface area contributed by atoms with Crippen molar-refractivity contribution in [3.8, 4) is 0 Å². The molecule has 7 nitrogen and oxygen atoms in total. The highest BCUT2D eigenvalue weighted by Gasteiger charge is 2.35. The number of nitrogens with zero attached hydrogens (tertiary/aromatic N) is 4. The van der Waals surface area contributed by atoms with Crippen molar-refractivity contribution in [1.82, 2.24) is 20.1 Å². The van der Waals surface area contributed by atoms with Crippen LogP contribution in [-0.2, 0) is 11.3 Å². The molecule has 2 fully saturated rings. The van der Waals surface area contributed by atoms with Gasteiger partial charge in [0.05, 0.1) is 11.6 Å². The summed E-state index contributed by atoms with van der Waals surface area (Å²) in [6.45, 7) is 11.2. The first-order valence-electron chi connectivity index (χ1n) is 10.6. The smallest absolute Gasteiger partial charge is 0.410 e. The molecule has 0 bridgehead atoms. The summed E-state index contributed by atoms with van der Waals surface area (Å²) in [5.41, 5.74) is -0.458. The SMILES string of the molecule is CN=C(NCc1cnc(C)s1)N1CCC(N(CC2CC2)C(=O)OC(C)(C)C)CC1.I. The van der Waals surface area contributed by atoms with Crippen molar-refractivity contribution < 1.29 is 9.53 Å². The first kappa shape index (κ1) is 25.2. The van der Waals surface area contributed by atoms with Crippen molar-refractivity contribution in [2.45, 2.75) is 71.6 Å². The Hall–Kier alpha value is -1.10. The number of ether oxygens (including phenoxy) is 1. The molecule has 0 spiro atoms. The number of likely N-dealkylation sites (tertiary alicyclic amines) is 1. The molecule has 1 aliphatic heterocycles. The molecule has 1 saturated carbocycles. The van der Waals surface area contributed by atoms with E-state index in [-0.39, 0.29) is 36.1 Å². The summed E-state index contributed by atoms with van der Waals surface area (Å²) in [5.74, 6) is 1.57. The van der Waals surface area contributed by atoms with Crippen LogP contribution in [0.3, 0.4) is 0 Å². The largest absolute Gasteiger partial charge is 0.444 e. The number of carbonyl (C=O) groups excluding carboxylic acids is 1. The van der Waals surface area contributed by atoms with E-state index in [1.165, 1.54) is 17.7 Å². The van der Waals surface area contributed by atoms with Crippen LogP contribution in [0.2, 0.25) is 0 Å². The third-order valence-corrected chi connectivity index (χ3v) is 6.20. The first-order chi connectivity index (χ1) is 13.7. The Balaban J connectivity index is 0.00000320. The van der Waals surface area contributed by atoms with Crippen LogP contribution in [0.15, 0.2) is 11.2 Å². The maximum atomic E-state index is 12.8. The number of guanidine groups is 1. The van der Waals surface area contributed by atoms with E-state index in [1.54, 1.807) is 11.3 Å². The maximum absolute atomic E-state index is 12.8. The molecule has 1 N–H and O–H groups in total. The normalized spacial score (nSPS) is 18.0. The van der Waals surface area contributed by atoms with Crippen LogP contribution in [0.1, 0.15) is 56.3 Å². The van der Waals surface area contributed by atoms with Gasteiger partial charge in [-0.2, -0.15) is 0 Å². The lowest BCUT2D eigenvalue weighted by atomic mass is 10.0. The predicted octanol–water partition coefficient (Wildman–Crippen LogP) is 4.26. The lowest BCUT2D eigenvalue weighted by molar-refractivity contribution is 0.00928. The zero-order valence-electron chi connectivity index (χ0n) is 18.8. The van der Waals surface area contributed by atoms with Gasteiger partial charge in [-0.05, 0) is 59.3 Å². The molecule has 0 atom stereocenters. The van der Waals surface area contributed by atoms with Crippen LogP contribution in [0.25, 0.3) is 0 Å². The minimum absolute atomic E-state index is 0. The van der Waals surface area contributed by atoms with E-state index in [4.69, 9.17) is 4.74 Å². The van der Waals surface area contributed by atoms with Crippen LogP contribution < -0.4 is 5.32 Å². The van der Waals surface area contributed by atoms with Crippen LogP contribution >= 0.6 is 35.3 Å². The van der Waals surface area contributed by atoms with Crippen LogP contribution in [0.5, 0.6) is 0 Å². The minimum atomic E-state index is -0.458. The van der Waals surface area contributed by atoms with E-state index in [0.717, 1.165) is 50.0 Å². The second-order valence-corrected chi connectivity index (χ2v) is 10.4. The van der Waals surface area contributed by atoms with Crippen LogP contribution in [0, 0.1) is 12.8 Å². The number of rotatable bonds is 5. The highest BCUT2D eigenvalue weighted by atomic mass is 127. The molecule has 0 radical (unpaired) electrons. The lowest BCUT2D eigenvalue weighted by Gasteiger charge is -2.40. The predicted molar refractivity (Wildman–Crippen MR) is 133 cm³/mol. The molecule has 1 aromatic heterocycles. The van der Waals surface area contributed by atoms with E-state index in [0.29, 0.717) is 5.92 Å². The Morgan fingerprint density at radius 1 is 1.33 bits per heavy atom. The van der Waals surface area contributed by atoms with Gasteiger partial charge >= 0.3 is 6.09 Å². The monoisotopic (exact) mass is 549 g/mol. The van der Waals surface area contributed by atoms with Gasteiger partial charge in [0, 0.05) is 43.8 Å². The molecule has 1 aliphatic carbocycles. The molecule has 3 rings (SSSR count). The van der Waals surface area contributed by atoms with Gasteiger partial charge in [-0.25, -0.2) is 9.78 Å². The molecule has 1 aromatic rings. The second-order valence-electron chi connectivity index (χ2n) is 9.04.